The molecule has 0 spiro atoms. The van der Waals surface area contributed by atoms with Crippen molar-refractivity contribution in [3.63, 3.8) is 0 Å². The Morgan fingerprint density at radius 3 is 1.69 bits per heavy atom. The lowest BCUT2D eigenvalue weighted by atomic mass is 9.78. The molecule has 0 saturated heterocycles. The van der Waals surface area contributed by atoms with Gasteiger partial charge in [0.15, 0.2) is 5.75 Å². The molecule has 0 bridgehead atoms. The second-order valence-corrected chi connectivity index (χ2v) is 27.6. The highest BCUT2D eigenvalue weighted by Gasteiger charge is 2.35. The van der Waals surface area contributed by atoms with Crippen LogP contribution in [-0.4, -0.2) is 92.6 Å². The molecule has 1 unspecified atom stereocenters. The van der Waals surface area contributed by atoms with Gasteiger partial charge >= 0.3 is 23.9 Å². The summed E-state index contributed by atoms with van der Waals surface area (Å²) >= 11 is 1.58. The van der Waals surface area contributed by atoms with Gasteiger partial charge in [-0.3, -0.25) is 14.8 Å². The van der Waals surface area contributed by atoms with E-state index in [4.69, 9.17) is 57.9 Å². The molecule has 2 fully saturated rings. The number of esters is 4. The number of nitrogens with zero attached hydrogens (tertiary/aromatic N) is 3. The summed E-state index contributed by atoms with van der Waals surface area (Å²) in [7, 11) is 0. The molecule has 2 saturated carbocycles. The maximum absolute atomic E-state index is 14.0. The highest BCUT2D eigenvalue weighted by atomic mass is 32.1. The molecule has 19 heteroatoms. The van der Waals surface area contributed by atoms with E-state index in [2.05, 4.69) is 31.4 Å². The van der Waals surface area contributed by atoms with E-state index in [0.717, 1.165) is 189 Å². The van der Waals surface area contributed by atoms with Crippen molar-refractivity contribution >= 4 is 56.8 Å². The Balaban J connectivity index is 0.707. The van der Waals surface area contributed by atoms with Gasteiger partial charge < -0.3 is 38.0 Å². The largest absolute Gasteiger partial charge is 0.494 e. The lowest BCUT2D eigenvalue weighted by Crippen LogP contribution is -2.30. The summed E-state index contributed by atoms with van der Waals surface area (Å²) in [6, 6.07) is 45.0. The molecule has 3 aliphatic rings. The van der Waals surface area contributed by atoms with Crippen molar-refractivity contribution < 1.29 is 72.3 Å². The van der Waals surface area contributed by atoms with Crippen LogP contribution in [0.15, 0.2) is 170 Å². The smallest absolute Gasteiger partial charge is 0.330 e. The second-order valence-electron chi connectivity index (χ2n) is 26.6. The fourth-order valence-corrected chi connectivity index (χ4v) is 14.5. The van der Waals surface area contributed by atoms with Crippen LogP contribution in [0.4, 0.5) is 5.13 Å². The molecule has 1 atom stereocenters. The number of para-hydroxylation sites is 1. The van der Waals surface area contributed by atoms with Crippen molar-refractivity contribution in [2.75, 3.05) is 51.2 Å². The van der Waals surface area contributed by atoms with Gasteiger partial charge in [0.1, 0.15) is 35.0 Å². The third kappa shape index (κ3) is 23.3. The highest BCUT2D eigenvalue weighted by Crippen LogP contribution is 2.46. The Hall–Kier alpha value is -8.88. The number of carbonyl (C=O) groups is 4. The minimum absolute atomic E-state index is 0.0406. The summed E-state index contributed by atoms with van der Waals surface area (Å²) in [5.74, 6) is 1.40. The average molecular weight is 1410 g/mol. The Labute approximate surface area is 604 Å². The molecule has 0 radical (unpaired) electrons. The van der Waals surface area contributed by atoms with Crippen molar-refractivity contribution in [1.82, 2.24) is 4.98 Å². The standard InChI is InChI=1S/C83H99N3O15S/c1-3-77(87)94-54-24-13-11-22-52-92-65-41-37-62(38-42-65)80(100-91)61-35-33-60(34-36-61)59-97-101-75-50-49-69(99-81(89)63-39-43-67(44-40-63)98-68-47-45-66(46-48-68)93-53-23-12-14-25-55-95-78(88)4-2)57-64(75)58-84-86(83-85-74-31-19-20-32-76(74)102-83)51-21-9-7-5-6-8-10-26-56-96-82(90)79-72-29-17-15-27-70(72)71-28-16-18-30-73(71)79/h3-4,15-20,27-32,37-38,41-42,45-50,57-58,60-61,63,67,79-80,91H,1-2,5-14,21-26,33-36,39-40,43-44,51-56,59H2/b84-58+. The predicted molar refractivity (Wildman–Crippen MR) is 396 cm³/mol. The number of thiazole rings is 1. The van der Waals surface area contributed by atoms with E-state index in [1.807, 2.05) is 108 Å². The summed E-state index contributed by atoms with van der Waals surface area (Å²) in [5.41, 5.74) is 6.60. The van der Waals surface area contributed by atoms with Crippen LogP contribution >= 0.6 is 11.3 Å². The van der Waals surface area contributed by atoms with E-state index in [1.54, 1.807) is 35.8 Å². The maximum Gasteiger partial charge on any atom is 0.330 e. The van der Waals surface area contributed by atoms with Gasteiger partial charge in [-0.25, -0.2) is 24.5 Å². The van der Waals surface area contributed by atoms with Crippen molar-refractivity contribution in [3.8, 4) is 39.9 Å². The van der Waals surface area contributed by atoms with E-state index in [-0.39, 0.29) is 41.7 Å². The summed E-state index contributed by atoms with van der Waals surface area (Å²) in [4.78, 5) is 72.3. The Morgan fingerprint density at radius 2 is 1.09 bits per heavy atom. The molecule has 102 heavy (non-hydrogen) atoms. The summed E-state index contributed by atoms with van der Waals surface area (Å²) < 4.78 is 41.5. The Kier molecular flexibility index (Phi) is 30.7. The first-order valence-corrected chi connectivity index (χ1v) is 37.6. The number of anilines is 1. The molecule has 1 aromatic heterocycles. The van der Waals surface area contributed by atoms with Crippen molar-refractivity contribution in [2.45, 2.75) is 172 Å². The predicted octanol–water partition coefficient (Wildman–Crippen LogP) is 18.8. The van der Waals surface area contributed by atoms with Gasteiger partial charge in [0.05, 0.1) is 68.1 Å². The molecule has 3 aliphatic carbocycles. The van der Waals surface area contributed by atoms with Gasteiger partial charge in [0, 0.05) is 24.3 Å². The van der Waals surface area contributed by atoms with Crippen LogP contribution in [0.2, 0.25) is 0 Å². The van der Waals surface area contributed by atoms with Gasteiger partial charge in [0.25, 0.3) is 0 Å². The average Bonchev–Trinajstić information content (AvgIpc) is 1.61. The summed E-state index contributed by atoms with van der Waals surface area (Å²) in [5, 5.41) is 18.0. The number of hydrogen-bond donors (Lipinski definition) is 1. The van der Waals surface area contributed by atoms with Crippen LogP contribution in [0.3, 0.4) is 0 Å². The number of hydrazone groups is 1. The molecule has 1 heterocycles. The first-order chi connectivity index (χ1) is 50.1. The van der Waals surface area contributed by atoms with Gasteiger partial charge in [-0.2, -0.15) is 9.99 Å². The zero-order valence-corrected chi connectivity index (χ0v) is 59.5. The number of rotatable bonds is 44. The second kappa shape index (κ2) is 41.3. The number of carbonyl (C=O) groups excluding carboxylic acids is 4. The number of aromatic nitrogens is 1. The minimum Gasteiger partial charge on any atom is -0.494 e. The van der Waals surface area contributed by atoms with E-state index < -0.39 is 18.0 Å². The van der Waals surface area contributed by atoms with Crippen molar-refractivity contribution in [1.29, 1.82) is 0 Å². The first-order valence-electron chi connectivity index (χ1n) is 36.8. The normalized spacial score (nSPS) is 16.7. The van der Waals surface area contributed by atoms with Crippen LogP contribution in [0.1, 0.15) is 188 Å². The van der Waals surface area contributed by atoms with E-state index in [0.29, 0.717) is 88.9 Å². The van der Waals surface area contributed by atoms with Crippen LogP contribution in [0.5, 0.6) is 28.7 Å². The molecule has 1 N–H and O–H groups in total. The highest BCUT2D eigenvalue weighted by molar-refractivity contribution is 7.22. The Bertz CT molecular complexity index is 3710. The van der Waals surface area contributed by atoms with Crippen molar-refractivity contribution in [3.05, 3.63) is 187 Å². The molecule has 6 aromatic carbocycles. The Morgan fingerprint density at radius 1 is 0.559 bits per heavy atom. The monoisotopic (exact) mass is 1410 g/mol. The van der Waals surface area contributed by atoms with E-state index >= 15 is 0 Å². The van der Waals surface area contributed by atoms with Crippen LogP contribution < -0.4 is 28.8 Å². The zero-order valence-electron chi connectivity index (χ0n) is 58.7. The molecular weight excluding hydrogens is 1310 g/mol. The van der Waals surface area contributed by atoms with Gasteiger partial charge in [-0.1, -0.05) is 136 Å². The lowest BCUT2D eigenvalue weighted by molar-refractivity contribution is -0.296. The molecule has 0 aliphatic heterocycles. The topological polar surface area (TPSA) is 209 Å². The van der Waals surface area contributed by atoms with Crippen LogP contribution in [-0.2, 0) is 43.2 Å². The molecule has 0 amide bonds. The first kappa shape index (κ1) is 75.8. The van der Waals surface area contributed by atoms with E-state index in [1.165, 1.54) is 12.2 Å². The van der Waals surface area contributed by atoms with E-state index in [9.17, 15) is 24.4 Å². The maximum atomic E-state index is 14.0. The fraction of sp³-hybridized carbons (Fsp3) is 0.446. The van der Waals surface area contributed by atoms with Crippen molar-refractivity contribution in [2.24, 2.45) is 22.9 Å². The van der Waals surface area contributed by atoms with Gasteiger partial charge in [-0.15, -0.1) is 0 Å². The van der Waals surface area contributed by atoms with Gasteiger partial charge in [0.2, 0.25) is 5.13 Å². The SMILES string of the molecule is C=CC(=O)OCCCCCCOc1ccc(OC2CCC(C(=O)Oc3ccc(OOCC4CCC(C(OO)c5ccc(OCCCCCCOC(=O)C=C)cc5)CC4)c(/C=N/N(CCCCCCCCCCOC(=O)C4c5ccccc5-c5ccccc54)c4nc5ccccc5s4)c3)CC2)cc1. The number of unbranched alkanes of at least 4 members (excludes halogenated alkanes) is 13. The van der Waals surface area contributed by atoms with Crippen LogP contribution in [0, 0.1) is 17.8 Å². The minimum atomic E-state index is -0.485. The number of ether oxygens (including phenoxy) is 7. The molecular formula is C83H99N3O15S. The molecule has 7 aromatic rings. The molecule has 18 nitrogen and oxygen atoms in total. The lowest BCUT2D eigenvalue weighted by Gasteiger charge is -2.32. The molecule has 542 valence electrons. The summed E-state index contributed by atoms with van der Waals surface area (Å²) in [6.45, 7) is 10.2. The third-order valence-corrected chi connectivity index (χ3v) is 20.3. The number of hydrogen-bond acceptors (Lipinski definition) is 19. The quantitative estimate of drug-likeness (QED) is 0.00550. The zero-order chi connectivity index (χ0) is 70.9. The summed E-state index contributed by atoms with van der Waals surface area (Å²) in [6.07, 6.45) is 24.8. The number of benzene rings is 6. The third-order valence-electron chi connectivity index (χ3n) is 19.3. The van der Waals surface area contributed by atoms with Gasteiger partial charge in [-0.05, 0) is 222 Å². The fourth-order valence-electron chi connectivity index (χ4n) is 13.6. The number of fused-ring (bicyclic) bond motifs is 4. The molecule has 10 rings (SSSR count). The van der Waals surface area contributed by atoms with Crippen LogP contribution in [0.25, 0.3) is 21.3 Å².